The second kappa shape index (κ2) is 12.0. The Bertz CT molecular complexity index is 1150. The van der Waals surface area contributed by atoms with Crippen LogP contribution in [0.1, 0.15) is 28.7 Å². The van der Waals surface area contributed by atoms with Crippen LogP contribution < -0.4 is 10.6 Å². The summed E-state index contributed by atoms with van der Waals surface area (Å²) >= 11 is 0. The first-order valence-corrected chi connectivity index (χ1v) is 11.9. The zero-order chi connectivity index (χ0) is 25.4. The summed E-state index contributed by atoms with van der Waals surface area (Å²) in [4.78, 5) is 19.2. The predicted molar refractivity (Wildman–Crippen MR) is 134 cm³/mol. The lowest BCUT2D eigenvalue weighted by atomic mass is 10.1. The van der Waals surface area contributed by atoms with Crippen LogP contribution in [0.25, 0.3) is 6.08 Å². The first-order valence-electron chi connectivity index (χ1n) is 11.9. The second-order valence-corrected chi connectivity index (χ2v) is 8.83. The SMILES string of the molecule is O=C(NCc1cccnc1)[C@@H]1C[C@H](NCc2ccccc2C(F)(F)F)CN1CC=Cc1ccccc1. The van der Waals surface area contributed by atoms with Crippen molar-refractivity contribution in [1.82, 2.24) is 20.5 Å². The maximum atomic E-state index is 13.4. The van der Waals surface area contributed by atoms with Crippen LogP contribution in [0.3, 0.4) is 0 Å². The molecule has 1 aliphatic rings. The van der Waals surface area contributed by atoms with E-state index in [0.29, 0.717) is 26.1 Å². The van der Waals surface area contributed by atoms with Crippen molar-refractivity contribution in [3.63, 3.8) is 0 Å². The molecule has 36 heavy (non-hydrogen) atoms. The molecule has 2 aromatic carbocycles. The van der Waals surface area contributed by atoms with E-state index in [1.54, 1.807) is 18.5 Å². The van der Waals surface area contributed by atoms with Crippen LogP contribution in [0.5, 0.6) is 0 Å². The molecule has 5 nitrogen and oxygen atoms in total. The fourth-order valence-electron chi connectivity index (χ4n) is 4.43. The first-order chi connectivity index (χ1) is 17.4. The van der Waals surface area contributed by atoms with Gasteiger partial charge in [0.25, 0.3) is 0 Å². The van der Waals surface area contributed by atoms with Gasteiger partial charge in [0.2, 0.25) is 5.91 Å². The number of aromatic nitrogens is 1. The van der Waals surface area contributed by atoms with Crippen LogP contribution in [-0.4, -0.2) is 41.0 Å². The number of nitrogens with one attached hydrogen (secondary N) is 2. The molecule has 1 amide bonds. The number of amides is 1. The van der Waals surface area contributed by atoms with E-state index in [1.165, 1.54) is 12.1 Å². The molecule has 1 saturated heterocycles. The van der Waals surface area contributed by atoms with Gasteiger partial charge in [-0.1, -0.05) is 66.7 Å². The third-order valence-electron chi connectivity index (χ3n) is 6.25. The Morgan fingerprint density at radius 1 is 1.03 bits per heavy atom. The molecule has 188 valence electrons. The van der Waals surface area contributed by atoms with Crippen molar-refractivity contribution in [2.45, 2.75) is 37.8 Å². The summed E-state index contributed by atoms with van der Waals surface area (Å²) in [5, 5.41) is 6.23. The molecule has 0 unspecified atom stereocenters. The van der Waals surface area contributed by atoms with Gasteiger partial charge in [0.05, 0.1) is 11.6 Å². The number of hydrogen-bond donors (Lipinski definition) is 2. The lowest BCUT2D eigenvalue weighted by Crippen LogP contribution is -2.43. The van der Waals surface area contributed by atoms with E-state index in [0.717, 1.165) is 17.2 Å². The lowest BCUT2D eigenvalue weighted by molar-refractivity contribution is -0.138. The van der Waals surface area contributed by atoms with Crippen molar-refractivity contribution in [3.8, 4) is 0 Å². The molecular weight excluding hydrogens is 465 g/mol. The largest absolute Gasteiger partial charge is 0.416 e. The monoisotopic (exact) mass is 494 g/mol. The molecule has 0 saturated carbocycles. The second-order valence-electron chi connectivity index (χ2n) is 8.83. The zero-order valence-corrected chi connectivity index (χ0v) is 19.8. The molecule has 2 atom stereocenters. The molecule has 1 fully saturated rings. The fourth-order valence-corrected chi connectivity index (χ4v) is 4.43. The molecule has 4 rings (SSSR count). The average Bonchev–Trinajstić information content (AvgIpc) is 3.30. The number of halogens is 3. The Labute approximate surface area is 209 Å². The van der Waals surface area contributed by atoms with Gasteiger partial charge in [0.15, 0.2) is 0 Å². The van der Waals surface area contributed by atoms with Crippen molar-refractivity contribution in [2.24, 2.45) is 0 Å². The predicted octanol–water partition coefficient (Wildman–Crippen LogP) is 4.66. The first kappa shape index (κ1) is 25.6. The molecule has 0 radical (unpaired) electrons. The van der Waals surface area contributed by atoms with Crippen molar-refractivity contribution in [1.29, 1.82) is 0 Å². The van der Waals surface area contributed by atoms with Gasteiger partial charge in [-0.05, 0) is 35.2 Å². The maximum absolute atomic E-state index is 13.4. The highest BCUT2D eigenvalue weighted by molar-refractivity contribution is 5.82. The quantitative estimate of drug-likeness (QED) is 0.454. The number of benzene rings is 2. The highest BCUT2D eigenvalue weighted by atomic mass is 19.4. The summed E-state index contributed by atoms with van der Waals surface area (Å²) < 4.78 is 40.1. The highest BCUT2D eigenvalue weighted by Crippen LogP contribution is 2.32. The summed E-state index contributed by atoms with van der Waals surface area (Å²) in [6, 6.07) is 18.7. The van der Waals surface area contributed by atoms with Crippen LogP contribution in [0.2, 0.25) is 0 Å². The van der Waals surface area contributed by atoms with Gasteiger partial charge < -0.3 is 10.6 Å². The van der Waals surface area contributed by atoms with Crippen molar-refractivity contribution in [2.75, 3.05) is 13.1 Å². The summed E-state index contributed by atoms with van der Waals surface area (Å²) in [6.45, 7) is 1.56. The fraction of sp³-hybridized carbons (Fsp3) is 0.286. The summed E-state index contributed by atoms with van der Waals surface area (Å²) in [7, 11) is 0. The number of hydrogen-bond acceptors (Lipinski definition) is 4. The van der Waals surface area contributed by atoms with Crippen molar-refractivity contribution in [3.05, 3.63) is 107 Å². The Morgan fingerprint density at radius 2 is 1.81 bits per heavy atom. The van der Waals surface area contributed by atoms with E-state index in [9.17, 15) is 18.0 Å². The number of carbonyl (C=O) groups is 1. The number of nitrogens with zero attached hydrogens (tertiary/aromatic N) is 2. The highest BCUT2D eigenvalue weighted by Gasteiger charge is 2.37. The van der Waals surface area contributed by atoms with Gasteiger partial charge in [0, 0.05) is 44.6 Å². The van der Waals surface area contributed by atoms with Gasteiger partial charge >= 0.3 is 6.18 Å². The number of carbonyl (C=O) groups excluding carboxylic acids is 1. The van der Waals surface area contributed by atoms with Gasteiger partial charge in [-0.25, -0.2) is 0 Å². The molecule has 8 heteroatoms. The summed E-state index contributed by atoms with van der Waals surface area (Å²) in [5.74, 6) is -0.105. The zero-order valence-electron chi connectivity index (χ0n) is 19.8. The minimum absolute atomic E-state index is 0.0814. The number of likely N-dealkylation sites (tertiary alicyclic amines) is 1. The van der Waals surface area contributed by atoms with Crippen LogP contribution >= 0.6 is 0 Å². The minimum Gasteiger partial charge on any atom is -0.351 e. The van der Waals surface area contributed by atoms with E-state index in [-0.39, 0.29) is 24.1 Å². The number of alkyl halides is 3. The Kier molecular flexibility index (Phi) is 8.51. The van der Waals surface area contributed by atoms with Crippen molar-refractivity contribution < 1.29 is 18.0 Å². The number of rotatable bonds is 9. The topological polar surface area (TPSA) is 57.3 Å². The Morgan fingerprint density at radius 3 is 2.56 bits per heavy atom. The molecule has 2 N–H and O–H groups in total. The Balaban J connectivity index is 1.42. The molecular formula is C28H29F3N4O. The molecule has 3 aromatic rings. The van der Waals surface area contributed by atoms with Gasteiger partial charge in [-0.3, -0.25) is 14.7 Å². The van der Waals surface area contributed by atoms with Crippen LogP contribution in [0, 0.1) is 0 Å². The molecule has 1 aromatic heterocycles. The third-order valence-corrected chi connectivity index (χ3v) is 6.25. The molecule has 0 spiro atoms. The van der Waals surface area contributed by atoms with Crippen LogP contribution in [-0.2, 0) is 24.1 Å². The lowest BCUT2D eigenvalue weighted by Gasteiger charge is -2.22. The maximum Gasteiger partial charge on any atom is 0.416 e. The standard InChI is InChI=1S/C28H29F3N4O/c29-28(30,31)25-13-5-4-12-23(25)19-33-24-16-26(27(36)34-18-22-10-6-14-32-17-22)35(20-24)15-7-11-21-8-2-1-3-9-21/h1-14,17,24,26,33H,15-16,18-20H2,(H,34,36)/t24-,26-/m0/s1. The summed E-state index contributed by atoms with van der Waals surface area (Å²) in [6.07, 6.45) is 3.50. The third kappa shape index (κ3) is 7.02. The number of pyridine rings is 1. The van der Waals surface area contributed by atoms with Crippen LogP contribution in [0.15, 0.2) is 85.2 Å². The normalized spacial score (nSPS) is 18.5. The average molecular weight is 495 g/mol. The van der Waals surface area contributed by atoms with Crippen LogP contribution in [0.4, 0.5) is 13.2 Å². The van der Waals surface area contributed by atoms with E-state index in [2.05, 4.69) is 20.5 Å². The molecule has 2 heterocycles. The Hall–Kier alpha value is -3.49. The van der Waals surface area contributed by atoms with Gasteiger partial charge in [-0.15, -0.1) is 0 Å². The minimum atomic E-state index is -4.41. The summed E-state index contributed by atoms with van der Waals surface area (Å²) in [5.41, 5.74) is 1.53. The van der Waals surface area contributed by atoms with E-state index >= 15 is 0 Å². The van der Waals surface area contributed by atoms with E-state index in [4.69, 9.17) is 0 Å². The smallest absolute Gasteiger partial charge is 0.351 e. The van der Waals surface area contributed by atoms with Gasteiger partial charge in [-0.2, -0.15) is 13.2 Å². The van der Waals surface area contributed by atoms with Gasteiger partial charge in [0.1, 0.15) is 0 Å². The van der Waals surface area contributed by atoms with E-state index < -0.39 is 17.8 Å². The molecule has 0 bridgehead atoms. The van der Waals surface area contributed by atoms with E-state index in [1.807, 2.05) is 54.6 Å². The van der Waals surface area contributed by atoms with Crippen molar-refractivity contribution >= 4 is 12.0 Å². The molecule has 0 aliphatic carbocycles. The molecule has 1 aliphatic heterocycles.